The van der Waals surface area contributed by atoms with Crippen LogP contribution in [0, 0.1) is 13.8 Å². The second kappa shape index (κ2) is 7.74. The number of fused-ring (bicyclic) bond motifs is 1. The van der Waals surface area contributed by atoms with Crippen LogP contribution in [0.2, 0.25) is 0 Å². The molecule has 4 aromatic rings. The minimum atomic E-state index is -0.103. The number of para-hydroxylation sites is 2. The molecule has 4 heterocycles. The summed E-state index contributed by atoms with van der Waals surface area (Å²) in [6, 6.07) is 11.7. The Labute approximate surface area is 178 Å². The van der Waals surface area contributed by atoms with Crippen LogP contribution < -0.4 is 5.32 Å². The van der Waals surface area contributed by atoms with Gasteiger partial charge in [-0.1, -0.05) is 18.2 Å². The molecule has 7 heteroatoms. The number of aromatic amines is 1. The number of carbonyl (C=O) groups is 1. The van der Waals surface area contributed by atoms with Gasteiger partial charge in [-0.05, 0) is 55.8 Å². The molecular formula is C23H24N4O2S. The van der Waals surface area contributed by atoms with Crippen molar-refractivity contribution in [3.8, 4) is 11.4 Å². The Morgan fingerprint density at radius 3 is 2.90 bits per heavy atom. The quantitative estimate of drug-likeness (QED) is 0.469. The third-order valence-electron chi connectivity index (χ3n) is 5.84. The number of rotatable bonds is 5. The molecule has 0 aliphatic carbocycles. The number of H-pyrrole nitrogens is 1. The summed E-state index contributed by atoms with van der Waals surface area (Å²) in [5, 5.41) is 5.09. The molecule has 0 unspecified atom stereocenters. The highest BCUT2D eigenvalue weighted by Crippen LogP contribution is 2.37. The second-order valence-electron chi connectivity index (χ2n) is 7.71. The van der Waals surface area contributed by atoms with Gasteiger partial charge in [-0.25, -0.2) is 4.98 Å². The Hall–Kier alpha value is -2.90. The topological polar surface area (TPSA) is 71.9 Å². The van der Waals surface area contributed by atoms with Gasteiger partial charge in [0.2, 0.25) is 0 Å². The summed E-state index contributed by atoms with van der Waals surface area (Å²) in [5.74, 6) is 1.44. The summed E-state index contributed by atoms with van der Waals surface area (Å²) in [6.45, 7) is 5.70. The van der Waals surface area contributed by atoms with Crippen LogP contribution in [0.4, 0.5) is 5.82 Å². The van der Waals surface area contributed by atoms with Crippen LogP contribution in [0.1, 0.15) is 33.8 Å². The van der Waals surface area contributed by atoms with E-state index in [4.69, 9.17) is 9.72 Å². The summed E-state index contributed by atoms with van der Waals surface area (Å²) >= 11 is 1.44. The van der Waals surface area contributed by atoms with Gasteiger partial charge in [0, 0.05) is 12.3 Å². The largest absolute Gasteiger partial charge is 0.376 e. The molecule has 5 rings (SSSR count). The number of amides is 1. The monoisotopic (exact) mass is 420 g/mol. The number of hydrogen-bond donors (Lipinski definition) is 2. The fraction of sp³-hybridized carbons (Fsp3) is 0.304. The zero-order valence-electron chi connectivity index (χ0n) is 17.1. The van der Waals surface area contributed by atoms with E-state index in [9.17, 15) is 4.79 Å². The van der Waals surface area contributed by atoms with Crippen LogP contribution in [0.3, 0.4) is 0 Å². The van der Waals surface area contributed by atoms with Gasteiger partial charge in [0.25, 0.3) is 5.91 Å². The average molecular weight is 421 g/mol. The smallest absolute Gasteiger partial charge is 0.266 e. The number of aromatic nitrogens is 3. The van der Waals surface area contributed by atoms with Gasteiger partial charge in [0.15, 0.2) is 0 Å². The first kappa shape index (κ1) is 19.1. The van der Waals surface area contributed by atoms with Gasteiger partial charge in [0.1, 0.15) is 11.6 Å². The molecule has 1 aliphatic heterocycles. The number of hydrogen-bond acceptors (Lipinski definition) is 4. The Kier molecular flexibility index (Phi) is 4.92. The predicted molar refractivity (Wildman–Crippen MR) is 120 cm³/mol. The molecule has 1 aromatic carbocycles. The first-order valence-corrected chi connectivity index (χ1v) is 11.1. The fourth-order valence-corrected chi connectivity index (χ4v) is 4.77. The SMILES string of the molecule is Cc1c(-c2nc3ccccc3[nH]2)c(NC(=O)c2cccs2)n(C[C@H]2CCCO2)c1C. The van der Waals surface area contributed by atoms with E-state index in [1.54, 1.807) is 0 Å². The number of anilines is 1. The van der Waals surface area contributed by atoms with Gasteiger partial charge in [-0.2, -0.15) is 0 Å². The van der Waals surface area contributed by atoms with Gasteiger partial charge in [0.05, 0.1) is 34.1 Å². The van der Waals surface area contributed by atoms with Gasteiger partial charge >= 0.3 is 0 Å². The lowest BCUT2D eigenvalue weighted by Gasteiger charge is -2.17. The van der Waals surface area contributed by atoms with Crippen LogP contribution in [0.5, 0.6) is 0 Å². The molecular weight excluding hydrogens is 396 g/mol. The van der Waals surface area contributed by atoms with Gasteiger partial charge in [-0.3, -0.25) is 4.79 Å². The van der Waals surface area contributed by atoms with E-state index in [1.807, 2.05) is 41.8 Å². The molecule has 0 radical (unpaired) electrons. The first-order valence-electron chi connectivity index (χ1n) is 10.2. The molecule has 154 valence electrons. The van der Waals surface area contributed by atoms with Crippen molar-refractivity contribution in [3.05, 3.63) is 57.9 Å². The molecule has 0 bridgehead atoms. The third kappa shape index (κ3) is 3.34. The summed E-state index contributed by atoms with van der Waals surface area (Å²) in [5.41, 5.74) is 5.04. The maximum absolute atomic E-state index is 13.0. The number of imidazole rings is 1. The van der Waals surface area contributed by atoms with E-state index >= 15 is 0 Å². The Morgan fingerprint density at radius 1 is 1.30 bits per heavy atom. The lowest BCUT2D eigenvalue weighted by Crippen LogP contribution is -2.20. The maximum Gasteiger partial charge on any atom is 0.266 e. The molecule has 0 saturated carbocycles. The molecule has 3 aromatic heterocycles. The lowest BCUT2D eigenvalue weighted by molar-refractivity contribution is 0.0963. The van der Waals surface area contributed by atoms with Crippen LogP contribution in [-0.2, 0) is 11.3 Å². The van der Waals surface area contributed by atoms with Crippen LogP contribution in [0.25, 0.3) is 22.4 Å². The van der Waals surface area contributed by atoms with E-state index in [1.165, 1.54) is 11.3 Å². The summed E-state index contributed by atoms with van der Waals surface area (Å²) in [7, 11) is 0. The average Bonchev–Trinajstić information content (AvgIpc) is 3.53. The van der Waals surface area contributed by atoms with Crippen LogP contribution >= 0.6 is 11.3 Å². The Balaban J connectivity index is 1.63. The highest BCUT2D eigenvalue weighted by molar-refractivity contribution is 7.12. The van der Waals surface area contributed by atoms with Crippen molar-refractivity contribution in [2.75, 3.05) is 11.9 Å². The van der Waals surface area contributed by atoms with Crippen molar-refractivity contribution >= 4 is 34.1 Å². The van der Waals surface area contributed by atoms with E-state index in [2.05, 4.69) is 28.7 Å². The summed E-state index contributed by atoms with van der Waals surface area (Å²) < 4.78 is 8.07. The molecule has 1 atom stereocenters. The number of ether oxygens (including phenoxy) is 1. The number of carbonyl (C=O) groups excluding carboxylic acids is 1. The van der Waals surface area contributed by atoms with E-state index in [0.717, 1.165) is 58.9 Å². The van der Waals surface area contributed by atoms with Crippen molar-refractivity contribution < 1.29 is 9.53 Å². The minimum absolute atomic E-state index is 0.103. The molecule has 1 aliphatic rings. The van der Waals surface area contributed by atoms with Gasteiger partial charge < -0.3 is 19.6 Å². The number of thiophene rings is 1. The molecule has 1 amide bonds. The van der Waals surface area contributed by atoms with Crippen molar-refractivity contribution in [1.29, 1.82) is 0 Å². The van der Waals surface area contributed by atoms with E-state index in [0.29, 0.717) is 11.4 Å². The van der Waals surface area contributed by atoms with Crippen molar-refractivity contribution in [2.24, 2.45) is 0 Å². The Morgan fingerprint density at radius 2 is 2.17 bits per heavy atom. The molecule has 1 saturated heterocycles. The molecule has 6 nitrogen and oxygen atoms in total. The number of nitrogens with zero attached hydrogens (tertiary/aromatic N) is 2. The fourth-order valence-electron chi connectivity index (χ4n) is 4.15. The molecule has 2 N–H and O–H groups in total. The predicted octanol–water partition coefficient (Wildman–Crippen LogP) is 5.14. The van der Waals surface area contributed by atoms with E-state index < -0.39 is 0 Å². The highest BCUT2D eigenvalue weighted by atomic mass is 32.1. The van der Waals surface area contributed by atoms with Gasteiger partial charge in [-0.15, -0.1) is 11.3 Å². The van der Waals surface area contributed by atoms with Crippen LogP contribution in [0.15, 0.2) is 41.8 Å². The third-order valence-corrected chi connectivity index (χ3v) is 6.71. The second-order valence-corrected chi connectivity index (χ2v) is 8.66. The molecule has 0 spiro atoms. The first-order chi connectivity index (χ1) is 14.6. The van der Waals surface area contributed by atoms with E-state index in [-0.39, 0.29) is 12.0 Å². The minimum Gasteiger partial charge on any atom is -0.376 e. The van der Waals surface area contributed by atoms with Crippen molar-refractivity contribution in [1.82, 2.24) is 14.5 Å². The standard InChI is InChI=1S/C23H24N4O2S/c1-14-15(2)27(13-16-7-5-11-29-16)22(26-23(28)19-10-6-12-30-19)20(14)21-24-17-8-3-4-9-18(17)25-21/h3-4,6,8-10,12,16H,5,7,11,13H2,1-2H3,(H,24,25)(H,26,28)/t16-/m1/s1. The normalized spacial score (nSPS) is 16.4. The highest BCUT2D eigenvalue weighted by Gasteiger charge is 2.26. The maximum atomic E-state index is 13.0. The summed E-state index contributed by atoms with van der Waals surface area (Å²) in [6.07, 6.45) is 2.28. The van der Waals surface area contributed by atoms with Crippen molar-refractivity contribution in [3.63, 3.8) is 0 Å². The van der Waals surface area contributed by atoms with Crippen molar-refractivity contribution in [2.45, 2.75) is 39.3 Å². The van der Waals surface area contributed by atoms with Crippen LogP contribution in [-0.4, -0.2) is 33.2 Å². The lowest BCUT2D eigenvalue weighted by atomic mass is 10.1. The summed E-state index contributed by atoms with van der Waals surface area (Å²) in [4.78, 5) is 21.9. The zero-order valence-corrected chi connectivity index (χ0v) is 17.9. The Bertz CT molecular complexity index is 1170. The molecule has 1 fully saturated rings. The number of benzene rings is 1. The zero-order chi connectivity index (χ0) is 20.7. The number of nitrogens with one attached hydrogen (secondary N) is 2. The molecule has 30 heavy (non-hydrogen) atoms.